The molecular formula is C14H23NO. The summed E-state index contributed by atoms with van der Waals surface area (Å²) >= 11 is 0. The molecule has 0 bridgehead atoms. The van der Waals surface area contributed by atoms with Gasteiger partial charge in [-0.15, -0.1) is 0 Å². The molecule has 1 atom stereocenters. The Kier molecular flexibility index (Phi) is 3.98. The van der Waals surface area contributed by atoms with Crippen molar-refractivity contribution >= 4 is 0 Å². The summed E-state index contributed by atoms with van der Waals surface area (Å²) < 4.78 is 5.91. The van der Waals surface area contributed by atoms with Crippen molar-refractivity contribution in [3.05, 3.63) is 29.3 Å². The molecular weight excluding hydrogens is 198 g/mol. The van der Waals surface area contributed by atoms with Gasteiger partial charge in [0.05, 0.1) is 6.61 Å². The minimum atomic E-state index is -0.00524. The summed E-state index contributed by atoms with van der Waals surface area (Å²) in [5.74, 6) is 0.997. The molecule has 1 aromatic rings. The van der Waals surface area contributed by atoms with Crippen molar-refractivity contribution in [2.45, 2.75) is 40.7 Å². The smallest absolute Gasteiger partial charge is 0.125 e. The lowest BCUT2D eigenvalue weighted by Gasteiger charge is -2.29. The van der Waals surface area contributed by atoms with Crippen molar-refractivity contribution in [3.63, 3.8) is 0 Å². The Morgan fingerprint density at radius 3 is 2.19 bits per heavy atom. The summed E-state index contributed by atoms with van der Waals surface area (Å²) in [6.45, 7) is 11.1. The first-order valence-corrected chi connectivity index (χ1v) is 5.79. The standard InChI is InChI=1S/C14H23NO/c1-10-7-6-8-11(2)13(10)16-9-14(4,5)12(3)15/h6-8,12H,9,15H2,1-5H3/t12-/m0/s1. The molecule has 2 N–H and O–H groups in total. The Bertz CT molecular complexity index is 336. The molecule has 2 heteroatoms. The molecule has 2 nitrogen and oxygen atoms in total. The minimum Gasteiger partial charge on any atom is -0.492 e. The van der Waals surface area contributed by atoms with Gasteiger partial charge in [0.1, 0.15) is 5.75 Å². The van der Waals surface area contributed by atoms with Gasteiger partial charge in [0.25, 0.3) is 0 Å². The number of ether oxygens (including phenoxy) is 1. The fourth-order valence-corrected chi connectivity index (χ4v) is 1.42. The molecule has 0 unspecified atom stereocenters. The van der Waals surface area contributed by atoms with Gasteiger partial charge in [0, 0.05) is 11.5 Å². The zero-order valence-electron chi connectivity index (χ0n) is 11.0. The maximum atomic E-state index is 5.93. The average Bonchev–Trinajstić information content (AvgIpc) is 2.16. The van der Waals surface area contributed by atoms with Crippen LogP contribution in [0, 0.1) is 19.3 Å². The van der Waals surface area contributed by atoms with E-state index >= 15 is 0 Å². The Morgan fingerprint density at radius 1 is 1.25 bits per heavy atom. The summed E-state index contributed by atoms with van der Waals surface area (Å²) in [5, 5.41) is 0. The van der Waals surface area contributed by atoms with Gasteiger partial charge in [-0.1, -0.05) is 32.0 Å². The zero-order chi connectivity index (χ0) is 12.3. The van der Waals surface area contributed by atoms with Gasteiger partial charge in [-0.25, -0.2) is 0 Å². The Labute approximate surface area is 98.8 Å². The van der Waals surface area contributed by atoms with Crippen LogP contribution < -0.4 is 10.5 Å². The zero-order valence-corrected chi connectivity index (χ0v) is 11.0. The fourth-order valence-electron chi connectivity index (χ4n) is 1.42. The van der Waals surface area contributed by atoms with E-state index in [2.05, 4.69) is 39.8 Å². The second-order valence-electron chi connectivity index (χ2n) is 5.29. The molecule has 0 saturated heterocycles. The van der Waals surface area contributed by atoms with Crippen LogP contribution in [0.5, 0.6) is 5.75 Å². The lowest BCUT2D eigenvalue weighted by atomic mass is 9.87. The molecule has 1 rings (SSSR count). The van der Waals surface area contributed by atoms with E-state index in [1.165, 1.54) is 11.1 Å². The van der Waals surface area contributed by atoms with Crippen LogP contribution in [0.2, 0.25) is 0 Å². The molecule has 0 aromatic heterocycles. The summed E-state index contributed by atoms with van der Waals surface area (Å²) in [6.07, 6.45) is 0. The summed E-state index contributed by atoms with van der Waals surface area (Å²) in [6, 6.07) is 6.31. The Balaban J connectivity index is 2.75. The fraction of sp³-hybridized carbons (Fsp3) is 0.571. The molecule has 0 aliphatic rings. The van der Waals surface area contributed by atoms with E-state index < -0.39 is 0 Å². The van der Waals surface area contributed by atoms with Gasteiger partial charge in [-0.3, -0.25) is 0 Å². The summed E-state index contributed by atoms with van der Waals surface area (Å²) in [4.78, 5) is 0. The summed E-state index contributed by atoms with van der Waals surface area (Å²) in [5.41, 5.74) is 8.29. The second-order valence-corrected chi connectivity index (χ2v) is 5.29. The van der Waals surface area contributed by atoms with E-state index in [9.17, 15) is 0 Å². The van der Waals surface area contributed by atoms with E-state index in [1.807, 2.05) is 13.0 Å². The van der Waals surface area contributed by atoms with Crippen LogP contribution in [0.25, 0.3) is 0 Å². The number of nitrogens with two attached hydrogens (primary N) is 1. The molecule has 0 saturated carbocycles. The number of aryl methyl sites for hydroxylation is 2. The first kappa shape index (κ1) is 13.0. The molecule has 1 aromatic carbocycles. The van der Waals surface area contributed by atoms with Crippen LogP contribution in [-0.2, 0) is 0 Å². The third kappa shape index (κ3) is 2.99. The highest BCUT2D eigenvalue weighted by atomic mass is 16.5. The Morgan fingerprint density at radius 2 is 1.75 bits per heavy atom. The number of rotatable bonds is 4. The number of hydrogen-bond donors (Lipinski definition) is 1. The van der Waals surface area contributed by atoms with Crippen LogP contribution in [0.1, 0.15) is 31.9 Å². The first-order valence-electron chi connectivity index (χ1n) is 5.79. The van der Waals surface area contributed by atoms with Crippen molar-refractivity contribution in [2.75, 3.05) is 6.61 Å². The molecule has 0 radical (unpaired) electrons. The average molecular weight is 221 g/mol. The summed E-state index contributed by atoms with van der Waals surface area (Å²) in [7, 11) is 0. The van der Waals surface area contributed by atoms with Gasteiger partial charge in [-0.2, -0.15) is 0 Å². The van der Waals surface area contributed by atoms with Crippen LogP contribution in [0.3, 0.4) is 0 Å². The van der Waals surface area contributed by atoms with Gasteiger partial charge < -0.3 is 10.5 Å². The maximum absolute atomic E-state index is 5.93. The molecule has 0 amide bonds. The predicted molar refractivity (Wildman–Crippen MR) is 68.8 cm³/mol. The molecule has 16 heavy (non-hydrogen) atoms. The SMILES string of the molecule is Cc1cccc(C)c1OCC(C)(C)[C@H](C)N. The van der Waals surface area contributed by atoms with E-state index in [1.54, 1.807) is 0 Å². The first-order chi connectivity index (χ1) is 7.34. The predicted octanol–water partition coefficient (Wildman–Crippen LogP) is 3.06. The van der Waals surface area contributed by atoms with Crippen LogP contribution in [-0.4, -0.2) is 12.6 Å². The van der Waals surface area contributed by atoms with Crippen molar-refractivity contribution < 1.29 is 4.74 Å². The van der Waals surface area contributed by atoms with Gasteiger partial charge in [0.2, 0.25) is 0 Å². The minimum absolute atomic E-state index is 0.00524. The highest BCUT2D eigenvalue weighted by Gasteiger charge is 2.24. The lowest BCUT2D eigenvalue weighted by Crippen LogP contribution is -2.39. The third-order valence-corrected chi connectivity index (χ3v) is 3.23. The van der Waals surface area contributed by atoms with Gasteiger partial charge in [-0.05, 0) is 31.9 Å². The van der Waals surface area contributed by atoms with Crippen LogP contribution in [0.15, 0.2) is 18.2 Å². The molecule has 0 spiro atoms. The highest BCUT2D eigenvalue weighted by molar-refractivity contribution is 5.39. The maximum Gasteiger partial charge on any atom is 0.125 e. The Hall–Kier alpha value is -1.02. The quantitative estimate of drug-likeness (QED) is 0.848. The highest BCUT2D eigenvalue weighted by Crippen LogP contribution is 2.26. The molecule has 0 fully saturated rings. The lowest BCUT2D eigenvalue weighted by molar-refractivity contribution is 0.155. The molecule has 0 aliphatic heterocycles. The number of para-hydroxylation sites is 1. The number of benzene rings is 1. The number of hydrogen-bond acceptors (Lipinski definition) is 2. The van der Waals surface area contributed by atoms with Gasteiger partial charge >= 0.3 is 0 Å². The van der Waals surface area contributed by atoms with Crippen molar-refractivity contribution in [3.8, 4) is 5.75 Å². The van der Waals surface area contributed by atoms with E-state index in [4.69, 9.17) is 10.5 Å². The topological polar surface area (TPSA) is 35.2 Å². The largest absolute Gasteiger partial charge is 0.492 e. The van der Waals surface area contributed by atoms with E-state index in [0.29, 0.717) is 6.61 Å². The monoisotopic (exact) mass is 221 g/mol. The third-order valence-electron chi connectivity index (χ3n) is 3.23. The van der Waals surface area contributed by atoms with Crippen molar-refractivity contribution in [1.82, 2.24) is 0 Å². The van der Waals surface area contributed by atoms with Gasteiger partial charge in [0.15, 0.2) is 0 Å². The molecule has 0 heterocycles. The van der Waals surface area contributed by atoms with Crippen molar-refractivity contribution in [1.29, 1.82) is 0 Å². The normalized spacial score (nSPS) is 13.6. The second kappa shape index (κ2) is 4.88. The molecule has 90 valence electrons. The van der Waals surface area contributed by atoms with Crippen molar-refractivity contribution in [2.24, 2.45) is 11.1 Å². The van der Waals surface area contributed by atoms with Crippen LogP contribution >= 0.6 is 0 Å². The van der Waals surface area contributed by atoms with E-state index in [-0.39, 0.29) is 11.5 Å². The van der Waals surface area contributed by atoms with Crippen LogP contribution in [0.4, 0.5) is 0 Å². The molecule has 0 aliphatic carbocycles. The van der Waals surface area contributed by atoms with E-state index in [0.717, 1.165) is 5.75 Å².